The lowest BCUT2D eigenvalue weighted by Gasteiger charge is -2.11. The average Bonchev–Trinajstić information content (AvgIpc) is 2.74. The molecule has 0 aromatic heterocycles. The van der Waals surface area contributed by atoms with Crippen LogP contribution in [0.15, 0.2) is 18.2 Å². The summed E-state index contributed by atoms with van der Waals surface area (Å²) in [5.74, 6) is 0.194. The molecule has 2 atom stereocenters. The fraction of sp³-hybridized carbons (Fsp3) is 0.500. The fourth-order valence-electron chi connectivity index (χ4n) is 2.48. The van der Waals surface area contributed by atoms with Crippen molar-refractivity contribution < 1.29 is 4.79 Å². The number of nitrogens with two attached hydrogens (primary N) is 1. The number of amides is 1. The molecule has 1 amide bonds. The molecule has 0 heterocycles. The summed E-state index contributed by atoms with van der Waals surface area (Å²) in [6.45, 7) is 0.598. The number of rotatable bonds is 4. The Kier molecular flexibility index (Phi) is 7.10. The predicted octanol–water partition coefficient (Wildman–Crippen LogP) is 3.20. The minimum Gasteiger partial charge on any atom is -0.356 e. The van der Waals surface area contributed by atoms with Gasteiger partial charge in [-0.15, -0.1) is 12.4 Å². The van der Waals surface area contributed by atoms with E-state index in [-0.39, 0.29) is 30.3 Å². The molecule has 2 unspecified atom stereocenters. The summed E-state index contributed by atoms with van der Waals surface area (Å²) in [7, 11) is 0. The zero-order valence-electron chi connectivity index (χ0n) is 11.1. The standard InChI is InChI=1S/C14H18Cl2N2O.ClH/c15-11-5-9(6-12(16)8-11)3-4-18-14(19)10-1-2-13(17)7-10;/h5-6,8,10,13H,1-4,7,17H2,(H,18,19);1H. The molecule has 1 aromatic rings. The maximum absolute atomic E-state index is 11.9. The van der Waals surface area contributed by atoms with Gasteiger partial charge in [-0.1, -0.05) is 23.2 Å². The minimum absolute atomic E-state index is 0. The van der Waals surface area contributed by atoms with Crippen LogP contribution in [0.25, 0.3) is 0 Å². The molecule has 0 bridgehead atoms. The number of carbonyl (C=O) groups excluding carboxylic acids is 1. The van der Waals surface area contributed by atoms with Gasteiger partial charge in [-0.25, -0.2) is 0 Å². The molecule has 0 saturated heterocycles. The van der Waals surface area contributed by atoms with E-state index in [0.29, 0.717) is 16.6 Å². The third kappa shape index (κ3) is 5.13. The van der Waals surface area contributed by atoms with Crippen LogP contribution < -0.4 is 11.1 Å². The van der Waals surface area contributed by atoms with Gasteiger partial charge in [-0.3, -0.25) is 4.79 Å². The van der Waals surface area contributed by atoms with E-state index in [9.17, 15) is 4.79 Å². The Morgan fingerprint density at radius 2 is 1.90 bits per heavy atom. The molecule has 1 aliphatic rings. The first-order valence-electron chi connectivity index (χ1n) is 6.53. The van der Waals surface area contributed by atoms with E-state index in [1.165, 1.54) is 0 Å². The first-order chi connectivity index (χ1) is 9.04. The van der Waals surface area contributed by atoms with Crippen LogP contribution in [-0.2, 0) is 11.2 Å². The van der Waals surface area contributed by atoms with E-state index in [1.807, 2.05) is 12.1 Å². The monoisotopic (exact) mass is 336 g/mol. The van der Waals surface area contributed by atoms with Crippen LogP contribution in [0.1, 0.15) is 24.8 Å². The molecule has 6 heteroatoms. The van der Waals surface area contributed by atoms with E-state index in [0.717, 1.165) is 31.2 Å². The highest BCUT2D eigenvalue weighted by Gasteiger charge is 2.27. The second-order valence-electron chi connectivity index (χ2n) is 5.09. The van der Waals surface area contributed by atoms with Gasteiger partial charge in [0.1, 0.15) is 0 Å². The van der Waals surface area contributed by atoms with Crippen molar-refractivity contribution in [1.82, 2.24) is 5.32 Å². The first kappa shape index (κ1) is 17.6. The summed E-state index contributed by atoms with van der Waals surface area (Å²) in [6.07, 6.45) is 3.37. The minimum atomic E-state index is 0. The maximum atomic E-state index is 11.9. The number of halogens is 3. The van der Waals surface area contributed by atoms with Crippen molar-refractivity contribution in [1.29, 1.82) is 0 Å². The van der Waals surface area contributed by atoms with Crippen LogP contribution in [0, 0.1) is 5.92 Å². The Hall–Kier alpha value is -0.480. The number of nitrogens with one attached hydrogen (secondary N) is 1. The van der Waals surface area contributed by atoms with Gasteiger partial charge in [-0.05, 0) is 49.4 Å². The smallest absolute Gasteiger partial charge is 0.223 e. The Morgan fingerprint density at radius 1 is 1.25 bits per heavy atom. The predicted molar refractivity (Wildman–Crippen MR) is 85.7 cm³/mol. The van der Waals surface area contributed by atoms with Gasteiger partial charge in [0.15, 0.2) is 0 Å². The highest BCUT2D eigenvalue weighted by molar-refractivity contribution is 6.34. The lowest BCUT2D eigenvalue weighted by Crippen LogP contribution is -2.31. The van der Waals surface area contributed by atoms with Crippen LogP contribution in [0.2, 0.25) is 10.0 Å². The van der Waals surface area contributed by atoms with Gasteiger partial charge < -0.3 is 11.1 Å². The molecule has 1 aromatic carbocycles. The highest BCUT2D eigenvalue weighted by atomic mass is 35.5. The summed E-state index contributed by atoms with van der Waals surface area (Å²) >= 11 is 11.9. The van der Waals surface area contributed by atoms with Crippen molar-refractivity contribution in [3.63, 3.8) is 0 Å². The summed E-state index contributed by atoms with van der Waals surface area (Å²) in [4.78, 5) is 11.9. The second-order valence-corrected chi connectivity index (χ2v) is 5.96. The largest absolute Gasteiger partial charge is 0.356 e. The molecule has 1 fully saturated rings. The SMILES string of the molecule is Cl.NC1CCC(C(=O)NCCc2cc(Cl)cc(Cl)c2)C1. The topological polar surface area (TPSA) is 55.1 Å². The van der Waals surface area contributed by atoms with E-state index < -0.39 is 0 Å². The Balaban J connectivity index is 0.00000200. The van der Waals surface area contributed by atoms with E-state index in [2.05, 4.69) is 5.32 Å². The molecule has 0 spiro atoms. The number of hydrogen-bond donors (Lipinski definition) is 2. The van der Waals surface area contributed by atoms with Crippen LogP contribution in [0.4, 0.5) is 0 Å². The molecule has 0 radical (unpaired) electrons. The quantitative estimate of drug-likeness (QED) is 0.886. The first-order valence-corrected chi connectivity index (χ1v) is 7.28. The molecular formula is C14H19Cl3N2O. The maximum Gasteiger partial charge on any atom is 0.223 e. The van der Waals surface area contributed by atoms with Crippen molar-refractivity contribution in [2.75, 3.05) is 6.54 Å². The lowest BCUT2D eigenvalue weighted by molar-refractivity contribution is -0.124. The fourth-order valence-corrected chi connectivity index (χ4v) is 3.06. The van der Waals surface area contributed by atoms with Gasteiger partial charge in [-0.2, -0.15) is 0 Å². The molecule has 0 aliphatic heterocycles. The van der Waals surface area contributed by atoms with Crippen LogP contribution in [0.3, 0.4) is 0 Å². The molecule has 20 heavy (non-hydrogen) atoms. The number of carbonyl (C=O) groups is 1. The van der Waals surface area contributed by atoms with Crippen molar-refractivity contribution >= 4 is 41.5 Å². The molecule has 1 saturated carbocycles. The third-order valence-electron chi connectivity index (χ3n) is 3.48. The Bertz CT molecular complexity index is 447. The molecular weight excluding hydrogens is 319 g/mol. The third-order valence-corrected chi connectivity index (χ3v) is 3.92. The summed E-state index contributed by atoms with van der Waals surface area (Å²) in [5.41, 5.74) is 6.84. The molecule has 1 aliphatic carbocycles. The van der Waals surface area contributed by atoms with Gasteiger partial charge in [0, 0.05) is 28.5 Å². The zero-order chi connectivity index (χ0) is 13.8. The van der Waals surface area contributed by atoms with Gasteiger partial charge in [0.05, 0.1) is 0 Å². The van der Waals surface area contributed by atoms with Gasteiger partial charge in [0.2, 0.25) is 5.91 Å². The summed E-state index contributed by atoms with van der Waals surface area (Å²) in [5, 5.41) is 4.19. The Morgan fingerprint density at radius 3 is 2.45 bits per heavy atom. The van der Waals surface area contributed by atoms with E-state index in [4.69, 9.17) is 28.9 Å². The van der Waals surface area contributed by atoms with Crippen molar-refractivity contribution in [2.24, 2.45) is 11.7 Å². The van der Waals surface area contributed by atoms with Crippen LogP contribution >= 0.6 is 35.6 Å². The summed E-state index contributed by atoms with van der Waals surface area (Å²) < 4.78 is 0. The van der Waals surface area contributed by atoms with Crippen molar-refractivity contribution in [3.8, 4) is 0 Å². The van der Waals surface area contributed by atoms with E-state index >= 15 is 0 Å². The number of benzene rings is 1. The average molecular weight is 338 g/mol. The van der Waals surface area contributed by atoms with E-state index in [1.54, 1.807) is 6.07 Å². The molecule has 2 rings (SSSR count). The van der Waals surface area contributed by atoms with Gasteiger partial charge in [0.25, 0.3) is 0 Å². The second kappa shape index (κ2) is 8.08. The van der Waals surface area contributed by atoms with Crippen LogP contribution in [-0.4, -0.2) is 18.5 Å². The normalized spacial score (nSPS) is 21.4. The molecule has 112 valence electrons. The van der Waals surface area contributed by atoms with Crippen molar-refractivity contribution in [3.05, 3.63) is 33.8 Å². The Labute approximate surface area is 135 Å². The van der Waals surface area contributed by atoms with Crippen LogP contribution in [0.5, 0.6) is 0 Å². The zero-order valence-corrected chi connectivity index (χ0v) is 13.4. The lowest BCUT2D eigenvalue weighted by atomic mass is 10.1. The molecule has 3 nitrogen and oxygen atoms in total. The number of hydrogen-bond acceptors (Lipinski definition) is 2. The van der Waals surface area contributed by atoms with Gasteiger partial charge >= 0.3 is 0 Å². The molecule has 3 N–H and O–H groups in total. The summed E-state index contributed by atoms with van der Waals surface area (Å²) in [6, 6.07) is 5.61. The highest BCUT2D eigenvalue weighted by Crippen LogP contribution is 2.24. The van der Waals surface area contributed by atoms with Crippen molar-refractivity contribution in [2.45, 2.75) is 31.7 Å².